The Labute approximate surface area is 181 Å². The molecule has 0 saturated heterocycles. The molecule has 0 unspecified atom stereocenters. The Morgan fingerprint density at radius 1 is 0.903 bits per heavy atom. The van der Waals surface area contributed by atoms with Crippen LogP contribution in [0.4, 0.5) is 8.78 Å². The summed E-state index contributed by atoms with van der Waals surface area (Å²) < 4.78 is 28.2. The first-order valence-electron chi connectivity index (χ1n) is 9.11. The number of hydrogen-bond donors (Lipinski definition) is 0. The number of fused-ring (bicyclic) bond motifs is 1. The second-order valence-electron chi connectivity index (χ2n) is 6.66. The summed E-state index contributed by atoms with van der Waals surface area (Å²) in [6.07, 6.45) is 0. The third-order valence-corrected chi connectivity index (χ3v) is 4.99. The van der Waals surface area contributed by atoms with Gasteiger partial charge in [0.2, 0.25) is 0 Å². The largest absolute Gasteiger partial charge is 0.288 e. The van der Waals surface area contributed by atoms with E-state index in [0.717, 1.165) is 23.1 Å². The highest BCUT2D eigenvalue weighted by Gasteiger charge is 2.34. The maximum absolute atomic E-state index is 14.1. The first kappa shape index (κ1) is 20.5. The molecular weight excluding hydrogens is 424 g/mol. The fourth-order valence-corrected chi connectivity index (χ4v) is 3.43. The van der Waals surface area contributed by atoms with Gasteiger partial charge in [-0.25, -0.2) is 8.78 Å². The standard InChI is InChI=1S/C24H12ClF2NO3/c25-15-11-10-14(18(13-15)22(29)21-19(26)8-3-9-20(21)27)5-4-12-28-23(30)16-6-1-2-7-17(16)24(28)31/h1-3,6-11,13H,12H2. The molecule has 0 spiro atoms. The highest BCUT2D eigenvalue weighted by molar-refractivity contribution is 6.31. The van der Waals surface area contributed by atoms with Crippen molar-refractivity contribution < 1.29 is 23.2 Å². The number of rotatable bonds is 3. The molecule has 4 rings (SSSR count). The van der Waals surface area contributed by atoms with Crippen molar-refractivity contribution in [1.29, 1.82) is 0 Å². The molecule has 0 atom stereocenters. The molecule has 0 radical (unpaired) electrons. The summed E-state index contributed by atoms with van der Waals surface area (Å²) in [7, 11) is 0. The quantitative estimate of drug-likeness (QED) is 0.346. The van der Waals surface area contributed by atoms with E-state index in [1.165, 1.54) is 18.2 Å². The summed E-state index contributed by atoms with van der Waals surface area (Å²) >= 11 is 5.97. The lowest BCUT2D eigenvalue weighted by Crippen LogP contribution is -2.30. The third kappa shape index (κ3) is 3.72. The lowest BCUT2D eigenvalue weighted by Gasteiger charge is -2.09. The average molecular weight is 436 g/mol. The Morgan fingerprint density at radius 2 is 1.52 bits per heavy atom. The molecule has 1 heterocycles. The van der Waals surface area contributed by atoms with Crippen LogP contribution >= 0.6 is 11.6 Å². The van der Waals surface area contributed by atoms with E-state index in [4.69, 9.17) is 11.6 Å². The fraction of sp³-hybridized carbons (Fsp3) is 0.0417. The summed E-state index contributed by atoms with van der Waals surface area (Å²) in [5.41, 5.74) is -0.0495. The van der Waals surface area contributed by atoms with Crippen LogP contribution in [0, 0.1) is 23.5 Å². The summed E-state index contributed by atoms with van der Waals surface area (Å²) in [6, 6.07) is 13.7. The minimum atomic E-state index is -1.00. The van der Waals surface area contributed by atoms with E-state index in [-0.39, 0.29) is 22.7 Å². The zero-order valence-corrected chi connectivity index (χ0v) is 16.5. The van der Waals surface area contributed by atoms with Gasteiger partial charge >= 0.3 is 0 Å². The van der Waals surface area contributed by atoms with E-state index < -0.39 is 34.8 Å². The predicted octanol–water partition coefficient (Wildman–Crippen LogP) is 4.50. The second kappa shape index (κ2) is 8.13. The van der Waals surface area contributed by atoms with Gasteiger partial charge < -0.3 is 0 Å². The molecular formula is C24H12ClF2NO3. The zero-order chi connectivity index (χ0) is 22.1. The molecule has 152 valence electrons. The molecule has 7 heteroatoms. The van der Waals surface area contributed by atoms with Crippen LogP contribution in [0.1, 0.15) is 42.2 Å². The Hall–Kier alpha value is -3.82. The van der Waals surface area contributed by atoms with Gasteiger partial charge in [0.15, 0.2) is 5.78 Å². The fourth-order valence-electron chi connectivity index (χ4n) is 3.26. The first-order valence-corrected chi connectivity index (χ1v) is 9.48. The van der Waals surface area contributed by atoms with Crippen LogP contribution in [0.25, 0.3) is 0 Å². The van der Waals surface area contributed by atoms with Crippen LogP contribution in [0.3, 0.4) is 0 Å². The Balaban J connectivity index is 1.65. The highest BCUT2D eigenvalue weighted by atomic mass is 35.5. The number of carbonyl (C=O) groups excluding carboxylic acids is 3. The lowest BCUT2D eigenvalue weighted by molar-refractivity contribution is 0.0674. The van der Waals surface area contributed by atoms with Gasteiger partial charge in [0.1, 0.15) is 11.6 Å². The van der Waals surface area contributed by atoms with E-state index in [2.05, 4.69) is 11.8 Å². The van der Waals surface area contributed by atoms with Crippen LogP contribution in [-0.2, 0) is 0 Å². The highest BCUT2D eigenvalue weighted by Crippen LogP contribution is 2.23. The topological polar surface area (TPSA) is 54.5 Å². The van der Waals surface area contributed by atoms with Crippen molar-refractivity contribution in [2.75, 3.05) is 6.54 Å². The van der Waals surface area contributed by atoms with Crippen LogP contribution in [0.5, 0.6) is 0 Å². The SMILES string of the molecule is O=C(c1cc(Cl)ccc1C#CCN1C(=O)c2ccccc2C1=O)c1c(F)cccc1F. The Morgan fingerprint density at radius 3 is 2.13 bits per heavy atom. The van der Waals surface area contributed by atoms with Gasteiger partial charge in [-0.1, -0.05) is 41.6 Å². The minimum Gasteiger partial charge on any atom is -0.288 e. The van der Waals surface area contributed by atoms with Crippen LogP contribution in [0.15, 0.2) is 60.7 Å². The van der Waals surface area contributed by atoms with Gasteiger partial charge in [-0.15, -0.1) is 0 Å². The van der Waals surface area contributed by atoms with Gasteiger partial charge in [0.05, 0.1) is 23.2 Å². The molecule has 0 saturated carbocycles. The summed E-state index contributed by atoms with van der Waals surface area (Å²) in [5, 5.41) is 0.186. The number of nitrogens with zero attached hydrogens (tertiary/aromatic N) is 1. The molecule has 3 aromatic carbocycles. The summed E-state index contributed by atoms with van der Waals surface area (Å²) in [4.78, 5) is 38.6. The lowest BCUT2D eigenvalue weighted by atomic mass is 9.97. The van der Waals surface area contributed by atoms with Crippen LogP contribution < -0.4 is 0 Å². The van der Waals surface area contributed by atoms with E-state index in [1.54, 1.807) is 24.3 Å². The van der Waals surface area contributed by atoms with Crippen molar-refractivity contribution in [1.82, 2.24) is 4.90 Å². The normalized spacial score (nSPS) is 12.4. The molecule has 0 fully saturated rings. The van der Waals surface area contributed by atoms with Crippen molar-refractivity contribution in [2.24, 2.45) is 0 Å². The number of amides is 2. The van der Waals surface area contributed by atoms with E-state index in [0.29, 0.717) is 11.1 Å². The van der Waals surface area contributed by atoms with Crippen molar-refractivity contribution in [3.05, 3.63) is 105 Å². The molecule has 0 N–H and O–H groups in total. The zero-order valence-electron chi connectivity index (χ0n) is 15.8. The number of imide groups is 1. The van der Waals surface area contributed by atoms with Gasteiger partial charge in [0.25, 0.3) is 11.8 Å². The van der Waals surface area contributed by atoms with Crippen molar-refractivity contribution in [2.45, 2.75) is 0 Å². The molecule has 2 amide bonds. The third-order valence-electron chi connectivity index (χ3n) is 4.75. The van der Waals surface area contributed by atoms with Crippen molar-refractivity contribution >= 4 is 29.2 Å². The summed E-state index contributed by atoms with van der Waals surface area (Å²) in [6.45, 7) is -0.212. The number of carbonyl (C=O) groups is 3. The Kier molecular flexibility index (Phi) is 5.37. The maximum Gasteiger partial charge on any atom is 0.262 e. The van der Waals surface area contributed by atoms with E-state index >= 15 is 0 Å². The maximum atomic E-state index is 14.1. The molecule has 31 heavy (non-hydrogen) atoms. The van der Waals surface area contributed by atoms with Crippen LogP contribution in [0.2, 0.25) is 5.02 Å². The number of benzene rings is 3. The number of halogens is 3. The van der Waals surface area contributed by atoms with E-state index in [9.17, 15) is 23.2 Å². The molecule has 4 nitrogen and oxygen atoms in total. The molecule has 1 aliphatic heterocycles. The molecule has 3 aromatic rings. The predicted molar refractivity (Wildman–Crippen MR) is 110 cm³/mol. The molecule has 1 aliphatic rings. The van der Waals surface area contributed by atoms with Gasteiger partial charge in [-0.05, 0) is 42.5 Å². The number of hydrogen-bond acceptors (Lipinski definition) is 3. The Bertz CT molecular complexity index is 1270. The minimum absolute atomic E-state index is 0.0913. The molecule has 0 bridgehead atoms. The van der Waals surface area contributed by atoms with Gasteiger partial charge in [-0.3, -0.25) is 19.3 Å². The smallest absolute Gasteiger partial charge is 0.262 e. The van der Waals surface area contributed by atoms with E-state index in [1.807, 2.05) is 0 Å². The second-order valence-corrected chi connectivity index (χ2v) is 7.10. The number of ketones is 1. The van der Waals surface area contributed by atoms with Crippen molar-refractivity contribution in [3.63, 3.8) is 0 Å². The van der Waals surface area contributed by atoms with Gasteiger partial charge in [-0.2, -0.15) is 0 Å². The van der Waals surface area contributed by atoms with Crippen LogP contribution in [-0.4, -0.2) is 29.0 Å². The van der Waals surface area contributed by atoms with Gasteiger partial charge in [0, 0.05) is 16.1 Å². The molecule has 0 aromatic heterocycles. The summed E-state index contributed by atoms with van der Waals surface area (Å²) in [5.74, 6) is 1.54. The monoisotopic (exact) mass is 435 g/mol. The van der Waals surface area contributed by atoms with Crippen molar-refractivity contribution in [3.8, 4) is 11.8 Å². The first-order chi connectivity index (χ1) is 14.9. The molecule has 0 aliphatic carbocycles. The average Bonchev–Trinajstić information content (AvgIpc) is 2.99.